The predicted molar refractivity (Wildman–Crippen MR) is 112 cm³/mol. The lowest BCUT2D eigenvalue weighted by Crippen LogP contribution is -2.39. The van der Waals surface area contributed by atoms with E-state index in [1.165, 1.54) is 0 Å². The van der Waals surface area contributed by atoms with E-state index in [2.05, 4.69) is 11.1 Å². The highest BCUT2D eigenvalue weighted by Gasteiger charge is 2.41. The van der Waals surface area contributed by atoms with E-state index in [0.29, 0.717) is 12.1 Å². The molecule has 0 radical (unpaired) electrons. The fourth-order valence-electron chi connectivity index (χ4n) is 2.78. The summed E-state index contributed by atoms with van der Waals surface area (Å²) >= 11 is 0. The number of hydrogen-bond donors (Lipinski definition) is 0. The summed E-state index contributed by atoms with van der Waals surface area (Å²) in [5, 5.41) is 0. The van der Waals surface area contributed by atoms with E-state index in [9.17, 15) is 0 Å². The molecule has 0 aliphatic heterocycles. The zero-order chi connectivity index (χ0) is 19.2. The Morgan fingerprint density at radius 1 is 0.654 bits per heavy atom. The van der Waals surface area contributed by atoms with Crippen LogP contribution in [-0.4, -0.2) is 16.8 Å². The maximum absolute atomic E-state index is 15.8. The van der Waals surface area contributed by atoms with Crippen molar-refractivity contribution in [1.82, 2.24) is 0 Å². The molecule has 26 heavy (non-hydrogen) atoms. The summed E-state index contributed by atoms with van der Waals surface area (Å²) in [6.45, 7) is 7.49. The minimum absolute atomic E-state index is 0.169. The lowest BCUT2D eigenvalue weighted by atomic mass is 10.2. The standard InChI is InChI=1S/C22H28F2Si2/c1-19(2)25(23,17-21-11-7-5-8-12-21)15-16-26(24,20(3)4)18-22-13-9-6-10-14-22/h5-14,19-20H,17-18H2,1-4H3. The van der Waals surface area contributed by atoms with Crippen LogP contribution in [0.25, 0.3) is 0 Å². The van der Waals surface area contributed by atoms with Gasteiger partial charge in [0.25, 0.3) is 0 Å². The lowest BCUT2D eigenvalue weighted by Gasteiger charge is -2.24. The molecule has 0 amide bonds. The van der Waals surface area contributed by atoms with Crippen LogP contribution in [0.15, 0.2) is 60.7 Å². The summed E-state index contributed by atoms with van der Waals surface area (Å²) in [4.78, 5) is 0. The zero-order valence-corrected chi connectivity index (χ0v) is 18.1. The van der Waals surface area contributed by atoms with Crippen LogP contribution in [0.4, 0.5) is 8.22 Å². The smallest absolute Gasteiger partial charge is 0.297 e. The molecule has 2 unspecified atom stereocenters. The fraction of sp³-hybridized carbons (Fsp3) is 0.364. The van der Waals surface area contributed by atoms with Crippen LogP contribution < -0.4 is 0 Å². The molecule has 4 heteroatoms. The van der Waals surface area contributed by atoms with Gasteiger partial charge in [-0.1, -0.05) is 99.4 Å². The monoisotopic (exact) mass is 386 g/mol. The normalized spacial score (nSPS) is 15.8. The highest BCUT2D eigenvalue weighted by molar-refractivity contribution is 6.87. The fourth-order valence-corrected chi connectivity index (χ4v) is 7.67. The first-order chi connectivity index (χ1) is 12.3. The van der Waals surface area contributed by atoms with Crippen molar-refractivity contribution in [1.29, 1.82) is 0 Å². The minimum Gasteiger partial charge on any atom is -0.297 e. The van der Waals surface area contributed by atoms with Crippen molar-refractivity contribution in [2.24, 2.45) is 0 Å². The van der Waals surface area contributed by atoms with Crippen molar-refractivity contribution < 1.29 is 8.22 Å². The van der Waals surface area contributed by atoms with Crippen LogP contribution in [-0.2, 0) is 12.1 Å². The zero-order valence-electron chi connectivity index (χ0n) is 16.1. The molecule has 0 spiro atoms. The third kappa shape index (κ3) is 5.39. The Kier molecular flexibility index (Phi) is 6.96. The maximum Gasteiger partial charge on any atom is 0.329 e. The van der Waals surface area contributed by atoms with Crippen molar-refractivity contribution in [2.45, 2.75) is 50.9 Å². The van der Waals surface area contributed by atoms with E-state index in [0.717, 1.165) is 11.1 Å². The average Bonchev–Trinajstić information content (AvgIpc) is 2.61. The number of halogens is 2. The molecule has 2 rings (SSSR count). The van der Waals surface area contributed by atoms with Gasteiger partial charge in [0.05, 0.1) is 0 Å². The number of rotatable bonds is 6. The van der Waals surface area contributed by atoms with E-state index in [1.54, 1.807) is 0 Å². The van der Waals surface area contributed by atoms with E-state index < -0.39 is 16.8 Å². The first-order valence-electron chi connectivity index (χ1n) is 9.25. The van der Waals surface area contributed by atoms with Gasteiger partial charge in [0.1, 0.15) is 0 Å². The highest BCUT2D eigenvalue weighted by atomic mass is 28.4. The van der Waals surface area contributed by atoms with Crippen LogP contribution in [0.1, 0.15) is 38.8 Å². The molecule has 2 atom stereocenters. The summed E-state index contributed by atoms with van der Waals surface area (Å²) in [5.74, 6) is 0. The molecule has 2 aromatic carbocycles. The van der Waals surface area contributed by atoms with Gasteiger partial charge in [-0.3, -0.25) is 8.22 Å². The molecule has 0 saturated heterocycles. The molecule has 0 aliphatic carbocycles. The topological polar surface area (TPSA) is 0 Å². The SMILES string of the molecule is CC(C)[Si](F)(C#C[Si](F)(Cc1ccccc1)C(C)C)Cc1ccccc1. The third-order valence-electron chi connectivity index (χ3n) is 4.92. The average molecular weight is 387 g/mol. The van der Waals surface area contributed by atoms with Crippen LogP contribution in [0, 0.1) is 11.1 Å². The van der Waals surface area contributed by atoms with Gasteiger partial charge in [0, 0.05) is 12.1 Å². The molecule has 0 heterocycles. The van der Waals surface area contributed by atoms with E-state index in [1.807, 2.05) is 88.4 Å². The van der Waals surface area contributed by atoms with Gasteiger partial charge in [-0.15, -0.1) is 0 Å². The number of hydrogen-bond acceptors (Lipinski definition) is 0. The third-order valence-corrected chi connectivity index (χ3v) is 11.8. The molecular weight excluding hydrogens is 358 g/mol. The second-order valence-corrected chi connectivity index (χ2v) is 14.6. The van der Waals surface area contributed by atoms with Crippen molar-refractivity contribution >= 4 is 16.8 Å². The molecule has 138 valence electrons. The maximum atomic E-state index is 15.8. The molecule has 0 nitrogen and oxygen atoms in total. The molecule has 0 aromatic heterocycles. The summed E-state index contributed by atoms with van der Waals surface area (Å²) in [6.07, 6.45) is 0. The van der Waals surface area contributed by atoms with Crippen LogP contribution in [0.5, 0.6) is 0 Å². The van der Waals surface area contributed by atoms with Crippen molar-refractivity contribution in [3.8, 4) is 11.1 Å². The second kappa shape index (κ2) is 8.79. The Morgan fingerprint density at radius 3 is 1.23 bits per heavy atom. The first-order valence-corrected chi connectivity index (χ1v) is 13.6. The lowest BCUT2D eigenvalue weighted by molar-refractivity contribution is 0.733. The molecule has 0 N–H and O–H groups in total. The Bertz CT molecular complexity index is 686. The molecular formula is C22H28F2Si2. The van der Waals surface area contributed by atoms with Crippen LogP contribution >= 0.6 is 0 Å². The van der Waals surface area contributed by atoms with Crippen molar-refractivity contribution in [3.05, 3.63) is 71.8 Å². The van der Waals surface area contributed by atoms with Gasteiger partial charge in [-0.2, -0.15) is 0 Å². The van der Waals surface area contributed by atoms with E-state index in [4.69, 9.17) is 0 Å². The largest absolute Gasteiger partial charge is 0.329 e. The molecule has 0 fully saturated rings. The van der Waals surface area contributed by atoms with Crippen LogP contribution in [0.2, 0.25) is 11.1 Å². The quantitative estimate of drug-likeness (QED) is 0.311. The Labute approximate surface area is 159 Å². The van der Waals surface area contributed by atoms with Crippen molar-refractivity contribution in [2.75, 3.05) is 0 Å². The molecule has 0 bridgehead atoms. The Balaban J connectivity index is 2.31. The van der Waals surface area contributed by atoms with Gasteiger partial charge in [0.15, 0.2) is 0 Å². The summed E-state index contributed by atoms with van der Waals surface area (Å²) in [6, 6.07) is 19.9. The highest BCUT2D eigenvalue weighted by Crippen LogP contribution is 2.29. The van der Waals surface area contributed by atoms with Gasteiger partial charge in [0.2, 0.25) is 0 Å². The van der Waals surface area contributed by atoms with E-state index in [-0.39, 0.29) is 11.1 Å². The van der Waals surface area contributed by atoms with Gasteiger partial charge < -0.3 is 0 Å². The van der Waals surface area contributed by atoms with Crippen LogP contribution in [0.3, 0.4) is 0 Å². The summed E-state index contributed by atoms with van der Waals surface area (Å²) < 4.78 is 31.5. The molecule has 0 aliphatic rings. The Morgan fingerprint density at radius 2 is 0.962 bits per heavy atom. The number of benzene rings is 2. The predicted octanol–water partition coefficient (Wildman–Crippen LogP) is 6.28. The summed E-state index contributed by atoms with van der Waals surface area (Å²) in [7, 11) is -6.81. The van der Waals surface area contributed by atoms with Gasteiger partial charge in [-0.05, 0) is 22.2 Å². The molecule has 0 saturated carbocycles. The van der Waals surface area contributed by atoms with E-state index >= 15 is 8.22 Å². The van der Waals surface area contributed by atoms with Gasteiger partial charge in [-0.25, -0.2) is 0 Å². The second-order valence-electron chi connectivity index (χ2n) is 7.61. The van der Waals surface area contributed by atoms with Gasteiger partial charge >= 0.3 is 16.8 Å². The summed E-state index contributed by atoms with van der Waals surface area (Å²) in [5.41, 5.74) is 7.35. The molecule has 2 aromatic rings. The van der Waals surface area contributed by atoms with Crippen molar-refractivity contribution in [3.63, 3.8) is 0 Å². The first kappa shape index (κ1) is 20.6. The Hall–Kier alpha value is -1.71. The minimum atomic E-state index is -3.41.